The molecule has 27 heavy (non-hydrogen) atoms. The summed E-state index contributed by atoms with van der Waals surface area (Å²) in [4.78, 5) is 17.1. The predicted octanol–water partition coefficient (Wildman–Crippen LogP) is -0.434. The SMILES string of the molecule is Cn1cnnc1CN1C[C@H]2C[C@@H](C1)[C@H](CNS(C)(=O)=O)N1C(=O)CCC[C@@H]21. The van der Waals surface area contributed by atoms with Gasteiger partial charge in [-0.25, -0.2) is 13.1 Å². The number of nitrogens with zero attached hydrogens (tertiary/aromatic N) is 5. The Kier molecular flexibility index (Phi) is 4.98. The number of hydrogen-bond donors (Lipinski definition) is 1. The second-order valence-electron chi connectivity index (χ2n) is 8.26. The van der Waals surface area contributed by atoms with Crippen molar-refractivity contribution in [2.45, 2.75) is 44.3 Å². The summed E-state index contributed by atoms with van der Waals surface area (Å²) >= 11 is 0. The molecular weight excluding hydrogens is 368 g/mol. The van der Waals surface area contributed by atoms with Gasteiger partial charge in [-0.1, -0.05) is 0 Å². The molecule has 150 valence electrons. The highest BCUT2D eigenvalue weighted by Gasteiger charge is 2.49. The Morgan fingerprint density at radius 2 is 2.07 bits per heavy atom. The van der Waals surface area contributed by atoms with Gasteiger partial charge in [-0.05, 0) is 31.1 Å². The van der Waals surface area contributed by atoms with Gasteiger partial charge in [-0.15, -0.1) is 10.2 Å². The lowest BCUT2D eigenvalue weighted by Gasteiger charge is -2.56. The number of aryl methyl sites for hydroxylation is 1. The zero-order valence-corrected chi connectivity index (χ0v) is 16.7. The van der Waals surface area contributed by atoms with Crippen LogP contribution in [0, 0.1) is 11.8 Å². The van der Waals surface area contributed by atoms with Crippen LogP contribution in [0.3, 0.4) is 0 Å². The predicted molar refractivity (Wildman–Crippen MR) is 99.0 cm³/mol. The van der Waals surface area contributed by atoms with Crippen molar-refractivity contribution >= 4 is 15.9 Å². The van der Waals surface area contributed by atoms with Gasteiger partial charge >= 0.3 is 0 Å². The number of aromatic nitrogens is 3. The number of carbonyl (C=O) groups is 1. The molecule has 1 aromatic rings. The minimum absolute atomic E-state index is 0.0731. The quantitative estimate of drug-likeness (QED) is 0.725. The molecule has 0 spiro atoms. The molecular formula is C17H28N6O3S. The molecule has 3 fully saturated rings. The molecule has 4 rings (SSSR count). The minimum atomic E-state index is -3.29. The summed E-state index contributed by atoms with van der Waals surface area (Å²) in [5, 5.41) is 8.16. The number of likely N-dealkylation sites (tertiary alicyclic amines) is 1. The first-order valence-electron chi connectivity index (χ1n) is 9.63. The highest BCUT2D eigenvalue weighted by molar-refractivity contribution is 7.88. The van der Waals surface area contributed by atoms with Crippen LogP contribution in [0.1, 0.15) is 31.5 Å². The van der Waals surface area contributed by atoms with Gasteiger partial charge in [0.25, 0.3) is 0 Å². The zero-order chi connectivity index (χ0) is 19.2. The molecule has 0 aliphatic carbocycles. The number of carbonyl (C=O) groups excluding carboxylic acids is 1. The van der Waals surface area contributed by atoms with Crippen LogP contribution < -0.4 is 4.72 Å². The van der Waals surface area contributed by atoms with E-state index in [2.05, 4.69) is 19.8 Å². The summed E-state index contributed by atoms with van der Waals surface area (Å²) in [5.74, 6) is 1.82. The summed E-state index contributed by atoms with van der Waals surface area (Å²) in [6, 6.07) is 0.146. The summed E-state index contributed by atoms with van der Waals surface area (Å²) in [6.07, 6.45) is 6.46. The van der Waals surface area contributed by atoms with Crippen LogP contribution >= 0.6 is 0 Å². The molecule has 0 aromatic carbocycles. The first-order valence-corrected chi connectivity index (χ1v) is 11.5. The Balaban J connectivity index is 1.56. The second kappa shape index (κ2) is 7.14. The highest BCUT2D eigenvalue weighted by Crippen LogP contribution is 2.41. The number of fused-ring (bicyclic) bond motifs is 4. The Hall–Kier alpha value is -1.52. The summed E-state index contributed by atoms with van der Waals surface area (Å²) in [7, 11) is -1.34. The molecule has 3 saturated heterocycles. The zero-order valence-electron chi connectivity index (χ0n) is 15.9. The van der Waals surface area contributed by atoms with Gasteiger partial charge in [0.15, 0.2) is 0 Å². The average molecular weight is 397 g/mol. The van der Waals surface area contributed by atoms with Gasteiger partial charge in [-0.2, -0.15) is 0 Å². The van der Waals surface area contributed by atoms with E-state index >= 15 is 0 Å². The lowest BCUT2D eigenvalue weighted by atomic mass is 9.72. The van der Waals surface area contributed by atoms with E-state index in [9.17, 15) is 13.2 Å². The fourth-order valence-electron chi connectivity index (χ4n) is 5.15. The van der Waals surface area contributed by atoms with Crippen LogP contribution in [-0.4, -0.2) is 76.9 Å². The van der Waals surface area contributed by atoms with Crippen molar-refractivity contribution in [3.63, 3.8) is 0 Å². The van der Waals surface area contributed by atoms with Crippen LogP contribution in [0.2, 0.25) is 0 Å². The molecule has 1 N–H and O–H groups in total. The van der Waals surface area contributed by atoms with Gasteiger partial charge in [0.05, 0.1) is 12.8 Å². The Bertz CT molecular complexity index is 809. The molecule has 0 radical (unpaired) electrons. The summed E-state index contributed by atoms with van der Waals surface area (Å²) in [5.41, 5.74) is 0. The van der Waals surface area contributed by atoms with E-state index in [0.29, 0.717) is 18.9 Å². The molecule has 4 atom stereocenters. The number of nitrogens with one attached hydrogen (secondary N) is 1. The van der Waals surface area contributed by atoms with Crippen molar-refractivity contribution in [2.24, 2.45) is 18.9 Å². The van der Waals surface area contributed by atoms with E-state index in [-0.39, 0.29) is 23.9 Å². The van der Waals surface area contributed by atoms with Gasteiger partial charge in [0.1, 0.15) is 12.2 Å². The molecule has 0 saturated carbocycles. The third kappa shape index (κ3) is 3.88. The van der Waals surface area contributed by atoms with E-state index < -0.39 is 10.0 Å². The smallest absolute Gasteiger partial charge is 0.223 e. The monoisotopic (exact) mass is 396 g/mol. The molecule has 1 aromatic heterocycles. The standard InChI is InChI=1S/C17H28N6O3S/c1-21-11-18-20-16(21)10-22-8-12-6-13(9-22)15(7-19-27(2,25)26)23-14(12)4-3-5-17(23)24/h11-15,19H,3-10H2,1-2H3/t12-,13+,14+,15+/m1/s1. The number of hydrogen-bond acceptors (Lipinski definition) is 6. The van der Waals surface area contributed by atoms with Crippen LogP contribution in [0.25, 0.3) is 0 Å². The van der Waals surface area contributed by atoms with Gasteiger partial charge in [-0.3, -0.25) is 9.69 Å². The van der Waals surface area contributed by atoms with Crippen LogP contribution in [0.5, 0.6) is 0 Å². The normalized spacial score (nSPS) is 31.8. The van der Waals surface area contributed by atoms with Crippen molar-refractivity contribution in [2.75, 3.05) is 25.9 Å². The maximum absolute atomic E-state index is 12.7. The van der Waals surface area contributed by atoms with Crippen molar-refractivity contribution in [3.8, 4) is 0 Å². The van der Waals surface area contributed by atoms with E-state index in [1.54, 1.807) is 6.33 Å². The largest absolute Gasteiger partial charge is 0.335 e. The lowest BCUT2D eigenvalue weighted by Crippen LogP contribution is -2.67. The third-order valence-corrected chi connectivity index (χ3v) is 6.99. The number of sulfonamides is 1. The van der Waals surface area contributed by atoms with E-state index in [1.165, 1.54) is 6.26 Å². The van der Waals surface area contributed by atoms with Gasteiger partial charge in [0.2, 0.25) is 15.9 Å². The maximum atomic E-state index is 12.7. The number of amides is 1. The average Bonchev–Trinajstić information content (AvgIpc) is 2.99. The van der Waals surface area contributed by atoms with Crippen LogP contribution in [0.15, 0.2) is 6.33 Å². The molecule has 10 heteroatoms. The Morgan fingerprint density at radius 3 is 2.78 bits per heavy atom. The molecule has 3 aliphatic rings. The molecule has 3 aliphatic heterocycles. The van der Waals surface area contributed by atoms with Gasteiger partial charge < -0.3 is 9.47 Å². The molecule has 2 bridgehead atoms. The molecule has 0 unspecified atom stereocenters. The van der Waals surface area contributed by atoms with E-state index in [1.807, 2.05) is 16.5 Å². The van der Waals surface area contributed by atoms with Crippen LogP contribution in [-0.2, 0) is 28.4 Å². The van der Waals surface area contributed by atoms with Crippen LogP contribution in [0.4, 0.5) is 0 Å². The highest BCUT2D eigenvalue weighted by atomic mass is 32.2. The molecule has 4 heterocycles. The third-order valence-electron chi connectivity index (χ3n) is 6.30. The molecule has 1 amide bonds. The van der Waals surface area contributed by atoms with Crippen molar-refractivity contribution < 1.29 is 13.2 Å². The molecule has 9 nitrogen and oxygen atoms in total. The van der Waals surface area contributed by atoms with Crippen molar-refractivity contribution in [1.29, 1.82) is 0 Å². The van der Waals surface area contributed by atoms with Crippen molar-refractivity contribution in [3.05, 3.63) is 12.2 Å². The van der Waals surface area contributed by atoms with E-state index in [4.69, 9.17) is 0 Å². The Labute approximate surface area is 160 Å². The number of rotatable bonds is 5. The lowest BCUT2D eigenvalue weighted by molar-refractivity contribution is -0.152. The topological polar surface area (TPSA) is 100 Å². The first-order chi connectivity index (χ1) is 12.8. The summed E-state index contributed by atoms with van der Waals surface area (Å²) in [6.45, 7) is 2.83. The fourth-order valence-corrected chi connectivity index (χ4v) is 5.62. The van der Waals surface area contributed by atoms with E-state index in [0.717, 1.165) is 44.7 Å². The number of piperidine rings is 3. The fraction of sp³-hybridized carbons (Fsp3) is 0.824. The first kappa shape index (κ1) is 18.8. The minimum Gasteiger partial charge on any atom is -0.335 e. The van der Waals surface area contributed by atoms with Crippen molar-refractivity contribution in [1.82, 2.24) is 29.3 Å². The maximum Gasteiger partial charge on any atom is 0.223 e. The second-order valence-corrected chi connectivity index (χ2v) is 10.1. The Morgan fingerprint density at radius 1 is 1.30 bits per heavy atom. The van der Waals surface area contributed by atoms with Gasteiger partial charge in [0, 0.05) is 45.2 Å². The summed E-state index contributed by atoms with van der Waals surface area (Å²) < 4.78 is 27.9.